The lowest BCUT2D eigenvalue weighted by Gasteiger charge is -2.16. The first-order chi connectivity index (χ1) is 12.9. The Hall–Kier alpha value is -2.27. The molecule has 2 aromatic carbocycles. The number of nitrogens with zero attached hydrogens (tertiary/aromatic N) is 3. The van der Waals surface area contributed by atoms with Crippen molar-refractivity contribution in [3.05, 3.63) is 52.6 Å². The van der Waals surface area contributed by atoms with Crippen LogP contribution in [0.2, 0.25) is 0 Å². The molecule has 0 radical (unpaired) electrons. The van der Waals surface area contributed by atoms with E-state index in [9.17, 15) is 5.11 Å². The van der Waals surface area contributed by atoms with E-state index in [4.69, 9.17) is 0 Å². The first-order valence-corrected chi connectivity index (χ1v) is 9.92. The van der Waals surface area contributed by atoms with Gasteiger partial charge in [0.2, 0.25) is 0 Å². The van der Waals surface area contributed by atoms with Gasteiger partial charge in [0.15, 0.2) is 11.0 Å². The molecular weight excluding hydrogens is 354 g/mol. The second kappa shape index (κ2) is 7.77. The summed E-state index contributed by atoms with van der Waals surface area (Å²) in [6.45, 7) is 10.7. The van der Waals surface area contributed by atoms with Gasteiger partial charge < -0.3 is 5.11 Å². The molecule has 1 N–H and O–H groups in total. The third kappa shape index (κ3) is 3.61. The standard InChI is InChI=1S/C22H27N3OS/c1-6-15-12-19(20(26)10-14(15)5)21-23-24-22(27)25(21)17-8-9-18(13(3)4)16(7-2)11-17/h8-13,26H,6-7H2,1-5H3,(H,24,27). The van der Waals surface area contributed by atoms with Crippen molar-refractivity contribution in [1.29, 1.82) is 0 Å². The Labute approximate surface area is 166 Å². The minimum absolute atomic E-state index is 0.209. The van der Waals surface area contributed by atoms with Crippen molar-refractivity contribution in [2.45, 2.75) is 58.5 Å². The van der Waals surface area contributed by atoms with Crippen molar-refractivity contribution < 1.29 is 5.11 Å². The van der Waals surface area contributed by atoms with Gasteiger partial charge in [0.05, 0.1) is 11.3 Å². The van der Waals surface area contributed by atoms with Gasteiger partial charge in [-0.15, -0.1) is 22.8 Å². The predicted octanol–water partition coefficient (Wildman–Crippen LogP) is 5.49. The van der Waals surface area contributed by atoms with Gasteiger partial charge in [-0.3, -0.25) is 4.57 Å². The fourth-order valence-corrected chi connectivity index (χ4v) is 3.84. The quantitative estimate of drug-likeness (QED) is 0.575. The Morgan fingerprint density at radius 1 is 1.04 bits per heavy atom. The molecule has 4 nitrogen and oxygen atoms in total. The van der Waals surface area contributed by atoms with E-state index in [1.165, 1.54) is 16.7 Å². The molecule has 0 fully saturated rings. The maximum Gasteiger partial charge on any atom is 0.193 e. The minimum atomic E-state index is 0.209. The van der Waals surface area contributed by atoms with Crippen LogP contribution in [0, 0.1) is 6.92 Å². The number of benzene rings is 2. The number of aryl methyl sites for hydroxylation is 3. The topological polar surface area (TPSA) is 50.9 Å². The molecule has 3 aromatic rings. The molecule has 0 saturated heterocycles. The summed E-state index contributed by atoms with van der Waals surface area (Å²) < 4.78 is 1.90. The van der Waals surface area contributed by atoms with Crippen LogP contribution in [0.1, 0.15) is 55.9 Å². The van der Waals surface area contributed by atoms with Crippen molar-refractivity contribution in [1.82, 2.24) is 14.8 Å². The van der Waals surface area contributed by atoms with Gasteiger partial charge >= 0.3 is 0 Å². The number of phenols is 1. The van der Waals surface area contributed by atoms with E-state index < -0.39 is 0 Å². The van der Waals surface area contributed by atoms with Crippen molar-refractivity contribution in [2.24, 2.45) is 0 Å². The van der Waals surface area contributed by atoms with Gasteiger partial charge in [-0.05, 0) is 72.2 Å². The van der Waals surface area contributed by atoms with E-state index in [1.54, 1.807) is 6.07 Å². The second-order valence-corrected chi connectivity index (χ2v) is 7.60. The summed E-state index contributed by atoms with van der Waals surface area (Å²) in [6.07, 6.45) is 1.85. The number of rotatable bonds is 5. The smallest absolute Gasteiger partial charge is 0.193 e. The molecule has 0 amide bonds. The van der Waals surface area contributed by atoms with Crippen LogP contribution < -0.4 is 0 Å². The van der Waals surface area contributed by atoms with Crippen molar-refractivity contribution in [3.8, 4) is 22.8 Å². The summed E-state index contributed by atoms with van der Waals surface area (Å²) >= 11 is 4.52. The van der Waals surface area contributed by atoms with E-state index in [1.807, 2.05) is 17.6 Å². The Balaban J connectivity index is 2.20. The summed E-state index contributed by atoms with van der Waals surface area (Å²) in [6, 6.07) is 10.2. The van der Waals surface area contributed by atoms with E-state index in [0.717, 1.165) is 24.1 Å². The second-order valence-electron chi connectivity index (χ2n) is 7.20. The molecule has 27 heavy (non-hydrogen) atoms. The minimum Gasteiger partial charge on any atom is -0.507 e. The molecule has 0 atom stereocenters. The monoisotopic (exact) mass is 381 g/mol. The fourth-order valence-electron chi connectivity index (χ4n) is 3.59. The van der Waals surface area contributed by atoms with Gasteiger partial charge in [-0.2, -0.15) is 0 Å². The molecule has 0 bridgehead atoms. The number of aromatic hydroxyl groups is 1. The van der Waals surface area contributed by atoms with Crippen LogP contribution >= 0.6 is 12.6 Å². The maximum absolute atomic E-state index is 10.6. The van der Waals surface area contributed by atoms with E-state index in [-0.39, 0.29) is 5.75 Å². The van der Waals surface area contributed by atoms with E-state index >= 15 is 0 Å². The SMILES string of the molecule is CCc1cc(-c2nnc(S)n2-c2ccc(C(C)C)c(CC)c2)c(O)cc1C. The zero-order valence-corrected chi connectivity index (χ0v) is 17.5. The van der Waals surface area contributed by atoms with Gasteiger partial charge in [-0.25, -0.2) is 0 Å². The van der Waals surface area contributed by atoms with Gasteiger partial charge in [0.25, 0.3) is 0 Å². The van der Waals surface area contributed by atoms with Crippen molar-refractivity contribution >= 4 is 12.6 Å². The summed E-state index contributed by atoms with van der Waals surface area (Å²) in [4.78, 5) is 0. The number of aromatic nitrogens is 3. The molecule has 3 rings (SSSR count). The summed E-state index contributed by atoms with van der Waals surface area (Å²) in [5.74, 6) is 1.28. The first kappa shape index (κ1) is 19.5. The summed E-state index contributed by atoms with van der Waals surface area (Å²) in [5.41, 5.74) is 6.55. The zero-order valence-electron chi connectivity index (χ0n) is 16.6. The van der Waals surface area contributed by atoms with Crippen LogP contribution in [-0.2, 0) is 12.8 Å². The molecule has 0 aliphatic carbocycles. The average molecular weight is 382 g/mol. The molecule has 0 aliphatic rings. The van der Waals surface area contributed by atoms with E-state index in [0.29, 0.717) is 22.5 Å². The molecule has 142 valence electrons. The van der Waals surface area contributed by atoms with Crippen molar-refractivity contribution in [2.75, 3.05) is 0 Å². The Morgan fingerprint density at radius 2 is 1.74 bits per heavy atom. The Morgan fingerprint density at radius 3 is 2.37 bits per heavy atom. The summed E-state index contributed by atoms with van der Waals surface area (Å²) in [7, 11) is 0. The van der Waals surface area contributed by atoms with Crippen LogP contribution in [0.3, 0.4) is 0 Å². The van der Waals surface area contributed by atoms with Crippen molar-refractivity contribution in [3.63, 3.8) is 0 Å². The molecule has 0 unspecified atom stereocenters. The number of hydrogen-bond acceptors (Lipinski definition) is 4. The molecule has 1 heterocycles. The zero-order chi connectivity index (χ0) is 19.7. The van der Waals surface area contributed by atoms with Gasteiger partial charge in [0.1, 0.15) is 5.75 Å². The molecule has 0 aliphatic heterocycles. The fraction of sp³-hybridized carbons (Fsp3) is 0.364. The summed E-state index contributed by atoms with van der Waals surface area (Å²) in [5, 5.41) is 19.5. The predicted molar refractivity (Wildman–Crippen MR) is 113 cm³/mol. The molecule has 1 aromatic heterocycles. The van der Waals surface area contributed by atoms with Crippen LogP contribution in [0.4, 0.5) is 0 Å². The first-order valence-electron chi connectivity index (χ1n) is 9.47. The highest BCUT2D eigenvalue weighted by Gasteiger charge is 2.19. The molecule has 0 spiro atoms. The van der Waals surface area contributed by atoms with Crippen LogP contribution in [0.15, 0.2) is 35.5 Å². The van der Waals surface area contributed by atoms with Gasteiger partial charge in [0, 0.05) is 0 Å². The Bertz CT molecular complexity index is 976. The lowest BCUT2D eigenvalue weighted by atomic mass is 9.95. The highest BCUT2D eigenvalue weighted by Crippen LogP contribution is 2.34. The van der Waals surface area contributed by atoms with Crippen LogP contribution in [0.25, 0.3) is 17.1 Å². The number of hydrogen-bond donors (Lipinski definition) is 2. The molecule has 0 saturated carbocycles. The number of thiol groups is 1. The molecule has 5 heteroatoms. The largest absolute Gasteiger partial charge is 0.507 e. The lowest BCUT2D eigenvalue weighted by molar-refractivity contribution is 0.476. The van der Waals surface area contributed by atoms with E-state index in [2.05, 4.69) is 68.7 Å². The van der Waals surface area contributed by atoms with Crippen LogP contribution in [-0.4, -0.2) is 19.9 Å². The highest BCUT2D eigenvalue weighted by molar-refractivity contribution is 7.80. The van der Waals surface area contributed by atoms with Crippen LogP contribution in [0.5, 0.6) is 5.75 Å². The number of phenolic OH excluding ortho intramolecular Hbond substituents is 1. The normalized spacial score (nSPS) is 11.4. The third-order valence-electron chi connectivity index (χ3n) is 5.11. The maximum atomic E-state index is 10.6. The third-order valence-corrected chi connectivity index (χ3v) is 5.40. The average Bonchev–Trinajstić information content (AvgIpc) is 3.02. The lowest BCUT2D eigenvalue weighted by Crippen LogP contribution is -2.03. The highest BCUT2D eigenvalue weighted by atomic mass is 32.1. The molecular formula is C22H27N3OS. The Kier molecular flexibility index (Phi) is 5.61. The van der Waals surface area contributed by atoms with Gasteiger partial charge in [-0.1, -0.05) is 33.8 Å².